The highest BCUT2D eigenvalue weighted by Crippen LogP contribution is 2.32. The zero-order valence-electron chi connectivity index (χ0n) is 10.6. The van der Waals surface area contributed by atoms with Gasteiger partial charge in [0.1, 0.15) is 5.69 Å². The summed E-state index contributed by atoms with van der Waals surface area (Å²) >= 11 is 0. The van der Waals surface area contributed by atoms with Gasteiger partial charge in [-0.1, -0.05) is 0 Å². The average molecular weight is 264 g/mol. The van der Waals surface area contributed by atoms with Crippen molar-refractivity contribution >= 4 is 17.3 Å². The molecule has 1 atom stereocenters. The van der Waals surface area contributed by atoms with Crippen LogP contribution < -0.4 is 16.6 Å². The third kappa shape index (κ3) is 3.00. The van der Waals surface area contributed by atoms with Crippen molar-refractivity contribution in [2.75, 3.05) is 5.43 Å². The highest BCUT2D eigenvalue weighted by atomic mass is 16.6. The summed E-state index contributed by atoms with van der Waals surface area (Å²) in [5.41, 5.74) is 2.56. The van der Waals surface area contributed by atoms with Crippen LogP contribution in [0.4, 0.5) is 11.4 Å². The van der Waals surface area contributed by atoms with Gasteiger partial charge in [-0.15, -0.1) is 0 Å². The van der Waals surface area contributed by atoms with E-state index in [2.05, 4.69) is 10.7 Å². The second-order valence-electron chi connectivity index (χ2n) is 4.73. The van der Waals surface area contributed by atoms with Gasteiger partial charge >= 0.3 is 0 Å². The number of nitrogens with zero attached hydrogens (tertiary/aromatic N) is 1. The van der Waals surface area contributed by atoms with Crippen LogP contribution in [0.3, 0.4) is 0 Å². The zero-order chi connectivity index (χ0) is 14.0. The number of nitrogens with one attached hydrogen (secondary N) is 2. The molecule has 0 bridgehead atoms. The van der Waals surface area contributed by atoms with Crippen LogP contribution in [0, 0.1) is 16.0 Å². The van der Waals surface area contributed by atoms with E-state index in [1.807, 2.05) is 6.92 Å². The second-order valence-corrected chi connectivity index (χ2v) is 4.73. The molecular weight excluding hydrogens is 248 g/mol. The molecule has 1 unspecified atom stereocenters. The van der Waals surface area contributed by atoms with Crippen molar-refractivity contribution < 1.29 is 9.72 Å². The van der Waals surface area contributed by atoms with Gasteiger partial charge in [0, 0.05) is 17.7 Å². The molecule has 7 heteroatoms. The Kier molecular flexibility index (Phi) is 3.66. The number of benzene rings is 1. The lowest BCUT2D eigenvalue weighted by molar-refractivity contribution is -0.384. The number of hydrogen-bond acceptors (Lipinski definition) is 5. The molecule has 0 spiro atoms. The third-order valence-corrected chi connectivity index (χ3v) is 3.30. The second kappa shape index (κ2) is 5.23. The smallest absolute Gasteiger partial charge is 0.293 e. The Hall–Kier alpha value is -2.15. The van der Waals surface area contributed by atoms with Crippen LogP contribution in [0.1, 0.15) is 30.1 Å². The first-order chi connectivity index (χ1) is 9.02. The minimum absolute atomic E-state index is 0.122. The maximum absolute atomic E-state index is 12.0. The van der Waals surface area contributed by atoms with E-state index in [0.29, 0.717) is 11.5 Å². The van der Waals surface area contributed by atoms with E-state index < -0.39 is 4.92 Å². The Balaban J connectivity index is 2.15. The van der Waals surface area contributed by atoms with E-state index in [1.54, 1.807) is 0 Å². The van der Waals surface area contributed by atoms with Crippen LogP contribution in [-0.4, -0.2) is 16.9 Å². The molecule has 1 aromatic rings. The molecule has 1 aliphatic rings. The Morgan fingerprint density at radius 1 is 1.53 bits per heavy atom. The Morgan fingerprint density at radius 2 is 2.21 bits per heavy atom. The van der Waals surface area contributed by atoms with E-state index >= 15 is 0 Å². The lowest BCUT2D eigenvalue weighted by Crippen LogP contribution is -2.34. The normalized spacial score (nSPS) is 15.7. The van der Waals surface area contributed by atoms with Crippen LogP contribution in [0.25, 0.3) is 0 Å². The monoisotopic (exact) mass is 264 g/mol. The van der Waals surface area contributed by atoms with Gasteiger partial charge in [-0.2, -0.15) is 0 Å². The first-order valence-corrected chi connectivity index (χ1v) is 6.09. The van der Waals surface area contributed by atoms with Crippen LogP contribution in [0.15, 0.2) is 18.2 Å². The standard InChI is InChI=1S/C12H16N4O3/c1-7(8-2-3-8)14-12(17)9-4-5-11(16(18)19)10(6-9)15-13/h4-8,15H,2-3,13H2,1H3,(H,14,17). The topological polar surface area (TPSA) is 110 Å². The van der Waals surface area contributed by atoms with Crippen molar-refractivity contribution in [3.05, 3.63) is 33.9 Å². The molecule has 102 valence electrons. The number of anilines is 1. The number of amides is 1. The summed E-state index contributed by atoms with van der Waals surface area (Å²) in [7, 11) is 0. The molecular formula is C12H16N4O3. The molecule has 1 saturated carbocycles. The third-order valence-electron chi connectivity index (χ3n) is 3.30. The molecule has 0 aromatic heterocycles. The molecule has 4 N–H and O–H groups in total. The first-order valence-electron chi connectivity index (χ1n) is 6.09. The van der Waals surface area contributed by atoms with E-state index in [0.717, 1.165) is 12.8 Å². The number of nitro benzene ring substituents is 1. The van der Waals surface area contributed by atoms with Crippen molar-refractivity contribution in [2.24, 2.45) is 11.8 Å². The summed E-state index contributed by atoms with van der Waals surface area (Å²) in [4.78, 5) is 22.2. The highest BCUT2D eigenvalue weighted by Gasteiger charge is 2.29. The summed E-state index contributed by atoms with van der Waals surface area (Å²) in [5, 5.41) is 13.6. The first kappa shape index (κ1) is 13.3. The van der Waals surface area contributed by atoms with Gasteiger partial charge in [0.25, 0.3) is 11.6 Å². The lowest BCUT2D eigenvalue weighted by atomic mass is 10.1. The molecule has 0 heterocycles. The minimum Gasteiger partial charge on any atom is -0.349 e. The number of nitrogen functional groups attached to an aromatic ring is 1. The predicted octanol–water partition coefficient (Wildman–Crippen LogP) is 1.41. The molecule has 1 aliphatic carbocycles. The van der Waals surface area contributed by atoms with Crippen molar-refractivity contribution in [1.29, 1.82) is 0 Å². The van der Waals surface area contributed by atoms with Crippen molar-refractivity contribution in [3.8, 4) is 0 Å². The number of carbonyl (C=O) groups excluding carboxylic acids is 1. The van der Waals surface area contributed by atoms with Gasteiger partial charge < -0.3 is 10.7 Å². The molecule has 2 rings (SSSR count). The molecule has 7 nitrogen and oxygen atoms in total. The van der Waals surface area contributed by atoms with E-state index in [1.165, 1.54) is 18.2 Å². The van der Waals surface area contributed by atoms with Crippen molar-refractivity contribution in [2.45, 2.75) is 25.8 Å². The summed E-state index contributed by atoms with van der Waals surface area (Å²) in [6, 6.07) is 4.20. The van der Waals surface area contributed by atoms with E-state index in [4.69, 9.17) is 5.84 Å². The van der Waals surface area contributed by atoms with Crippen LogP contribution in [-0.2, 0) is 0 Å². The van der Waals surface area contributed by atoms with E-state index in [9.17, 15) is 14.9 Å². The fraction of sp³-hybridized carbons (Fsp3) is 0.417. The van der Waals surface area contributed by atoms with Crippen LogP contribution in [0.2, 0.25) is 0 Å². The molecule has 1 amide bonds. The lowest BCUT2D eigenvalue weighted by Gasteiger charge is -2.13. The van der Waals surface area contributed by atoms with Crippen molar-refractivity contribution in [3.63, 3.8) is 0 Å². The van der Waals surface area contributed by atoms with Gasteiger partial charge in [-0.25, -0.2) is 0 Å². The molecule has 19 heavy (non-hydrogen) atoms. The SMILES string of the molecule is CC(NC(=O)c1ccc([N+](=O)[O-])c(NN)c1)C1CC1. The van der Waals surface area contributed by atoms with Gasteiger partial charge in [0.2, 0.25) is 0 Å². The summed E-state index contributed by atoms with van der Waals surface area (Å²) in [6.07, 6.45) is 2.27. The number of rotatable bonds is 5. The summed E-state index contributed by atoms with van der Waals surface area (Å²) in [6.45, 7) is 1.96. The highest BCUT2D eigenvalue weighted by molar-refractivity contribution is 5.96. The number of hydrazine groups is 1. The fourth-order valence-electron chi connectivity index (χ4n) is 1.96. The van der Waals surface area contributed by atoms with Crippen LogP contribution in [0.5, 0.6) is 0 Å². The average Bonchev–Trinajstić information content (AvgIpc) is 3.21. The molecule has 0 aliphatic heterocycles. The predicted molar refractivity (Wildman–Crippen MR) is 70.6 cm³/mol. The largest absolute Gasteiger partial charge is 0.349 e. The van der Waals surface area contributed by atoms with Crippen molar-refractivity contribution in [1.82, 2.24) is 5.32 Å². The molecule has 0 saturated heterocycles. The Morgan fingerprint density at radius 3 is 2.74 bits per heavy atom. The van der Waals surface area contributed by atoms with Gasteiger partial charge in [0.05, 0.1) is 4.92 Å². The Bertz CT molecular complexity index is 514. The maximum atomic E-state index is 12.0. The molecule has 1 fully saturated rings. The Labute approximate surface area is 110 Å². The van der Waals surface area contributed by atoms with Gasteiger partial charge in [-0.3, -0.25) is 20.8 Å². The van der Waals surface area contributed by atoms with Crippen LogP contribution >= 0.6 is 0 Å². The molecule has 1 aromatic carbocycles. The quantitative estimate of drug-likeness (QED) is 0.423. The number of hydrogen-bond donors (Lipinski definition) is 3. The van der Waals surface area contributed by atoms with Gasteiger partial charge in [-0.05, 0) is 37.8 Å². The van der Waals surface area contributed by atoms with E-state index in [-0.39, 0.29) is 23.3 Å². The minimum atomic E-state index is -0.552. The summed E-state index contributed by atoms with van der Waals surface area (Å²) in [5.74, 6) is 5.54. The molecule has 0 radical (unpaired) electrons. The maximum Gasteiger partial charge on any atom is 0.293 e. The number of carbonyl (C=O) groups is 1. The zero-order valence-corrected chi connectivity index (χ0v) is 10.6. The number of nitro groups is 1. The fourth-order valence-corrected chi connectivity index (χ4v) is 1.96. The van der Waals surface area contributed by atoms with Gasteiger partial charge in [0.15, 0.2) is 0 Å². The summed E-state index contributed by atoms with van der Waals surface area (Å²) < 4.78 is 0. The number of nitrogens with two attached hydrogens (primary N) is 1.